The summed E-state index contributed by atoms with van der Waals surface area (Å²) in [6.45, 7) is 1.02. The highest BCUT2D eigenvalue weighted by atomic mass is 16.5. The Balaban J connectivity index is 1.67. The molecule has 1 aromatic rings. The van der Waals surface area contributed by atoms with Gasteiger partial charge in [0.15, 0.2) is 0 Å². The molecule has 6 heteroatoms. The number of rotatable bonds is 3. The van der Waals surface area contributed by atoms with Crippen LogP contribution in [0.3, 0.4) is 0 Å². The van der Waals surface area contributed by atoms with Crippen LogP contribution < -0.4 is 0 Å². The molecule has 2 fully saturated rings. The van der Waals surface area contributed by atoms with Crippen LogP contribution in [-0.2, 0) is 11.3 Å². The van der Waals surface area contributed by atoms with Gasteiger partial charge in [-0.3, -0.25) is 4.79 Å². The zero-order valence-electron chi connectivity index (χ0n) is 12.7. The topological polar surface area (TPSA) is 82.9 Å². The van der Waals surface area contributed by atoms with Crippen molar-refractivity contribution in [1.29, 1.82) is 0 Å². The zero-order valence-corrected chi connectivity index (χ0v) is 12.7. The van der Waals surface area contributed by atoms with E-state index in [9.17, 15) is 9.90 Å². The zero-order chi connectivity index (χ0) is 15.7. The summed E-state index contributed by atoms with van der Waals surface area (Å²) < 4.78 is 5.46. The lowest BCUT2D eigenvalue weighted by molar-refractivity contribution is -0.199. The third-order valence-electron chi connectivity index (χ3n) is 5.20. The van der Waals surface area contributed by atoms with Crippen molar-refractivity contribution in [1.82, 2.24) is 9.88 Å². The number of piperidine rings is 1. The van der Waals surface area contributed by atoms with E-state index in [2.05, 4.69) is 4.98 Å². The van der Waals surface area contributed by atoms with Crippen LogP contribution in [0.15, 0.2) is 18.2 Å². The number of likely N-dealkylation sites (tertiary alicyclic amines) is 1. The molecule has 6 nitrogen and oxygen atoms in total. The molecule has 2 atom stereocenters. The fourth-order valence-electron chi connectivity index (χ4n) is 3.69. The van der Waals surface area contributed by atoms with Crippen LogP contribution in [0.1, 0.15) is 35.4 Å². The van der Waals surface area contributed by atoms with Gasteiger partial charge >= 0.3 is 0 Å². The van der Waals surface area contributed by atoms with Crippen molar-refractivity contribution >= 4 is 5.91 Å². The standard InChI is InChI=1S/C16H22N2O4/c1-22-14-9-13(20)16(14)5-7-18(8-6-16)15(21)12-4-2-3-11(10-19)17-12/h2-4,13-14,19-20H,5-10H2,1H3/t13-,14+/m1/s1. The van der Waals surface area contributed by atoms with Gasteiger partial charge in [-0.05, 0) is 25.0 Å². The molecule has 1 spiro atoms. The van der Waals surface area contributed by atoms with E-state index in [1.807, 2.05) is 0 Å². The smallest absolute Gasteiger partial charge is 0.272 e. The van der Waals surface area contributed by atoms with Gasteiger partial charge in [-0.2, -0.15) is 0 Å². The average molecular weight is 306 g/mol. The molecular formula is C16H22N2O4. The molecule has 1 aliphatic carbocycles. The van der Waals surface area contributed by atoms with E-state index >= 15 is 0 Å². The molecule has 1 aliphatic heterocycles. The normalized spacial score (nSPS) is 26.8. The molecule has 0 radical (unpaired) electrons. The van der Waals surface area contributed by atoms with Crippen molar-refractivity contribution < 1.29 is 19.7 Å². The Bertz CT molecular complexity index is 555. The van der Waals surface area contributed by atoms with E-state index in [1.54, 1.807) is 30.2 Å². The van der Waals surface area contributed by atoms with E-state index in [0.717, 1.165) is 12.8 Å². The summed E-state index contributed by atoms with van der Waals surface area (Å²) in [6, 6.07) is 5.09. The van der Waals surface area contributed by atoms with Gasteiger partial charge in [-0.1, -0.05) is 6.07 Å². The predicted octanol–water partition coefficient (Wildman–Crippen LogP) is 0.576. The number of nitrogens with zero attached hydrogens (tertiary/aromatic N) is 2. The second-order valence-electron chi connectivity index (χ2n) is 6.17. The predicted molar refractivity (Wildman–Crippen MR) is 79.2 cm³/mol. The van der Waals surface area contributed by atoms with E-state index < -0.39 is 0 Å². The summed E-state index contributed by atoms with van der Waals surface area (Å²) in [5.41, 5.74) is 0.666. The molecule has 0 aromatic carbocycles. The van der Waals surface area contributed by atoms with Gasteiger partial charge in [0, 0.05) is 32.0 Å². The molecule has 1 saturated heterocycles. The number of ether oxygens (including phenoxy) is 1. The number of amides is 1. The lowest BCUT2D eigenvalue weighted by Gasteiger charge is -2.56. The lowest BCUT2D eigenvalue weighted by Crippen LogP contribution is -2.62. The van der Waals surface area contributed by atoms with Gasteiger partial charge in [0.2, 0.25) is 0 Å². The minimum Gasteiger partial charge on any atom is -0.392 e. The SMILES string of the molecule is CO[C@H]1C[C@@H](O)C12CCN(C(=O)c1cccc(CO)n1)CC2. The van der Waals surface area contributed by atoms with Crippen LogP contribution >= 0.6 is 0 Å². The second kappa shape index (κ2) is 5.95. The first-order valence-electron chi connectivity index (χ1n) is 7.67. The Labute approximate surface area is 129 Å². The number of carbonyl (C=O) groups is 1. The largest absolute Gasteiger partial charge is 0.392 e. The van der Waals surface area contributed by atoms with Crippen molar-refractivity contribution in [2.75, 3.05) is 20.2 Å². The number of aliphatic hydroxyl groups is 2. The summed E-state index contributed by atoms with van der Waals surface area (Å²) >= 11 is 0. The number of aromatic nitrogens is 1. The number of methoxy groups -OCH3 is 1. The molecule has 120 valence electrons. The molecule has 0 bridgehead atoms. The van der Waals surface area contributed by atoms with Gasteiger partial charge in [0.05, 0.1) is 24.5 Å². The maximum absolute atomic E-state index is 12.5. The third kappa shape index (κ3) is 2.41. The fraction of sp³-hybridized carbons (Fsp3) is 0.625. The van der Waals surface area contributed by atoms with Crippen molar-refractivity contribution in [2.24, 2.45) is 5.41 Å². The maximum Gasteiger partial charge on any atom is 0.272 e. The molecule has 22 heavy (non-hydrogen) atoms. The Morgan fingerprint density at radius 2 is 2.18 bits per heavy atom. The minimum atomic E-state index is -0.328. The van der Waals surface area contributed by atoms with E-state index in [-0.39, 0.29) is 30.1 Å². The molecule has 0 unspecified atom stereocenters. The van der Waals surface area contributed by atoms with Gasteiger partial charge in [-0.15, -0.1) is 0 Å². The lowest BCUT2D eigenvalue weighted by atomic mass is 9.58. The Morgan fingerprint density at radius 1 is 1.45 bits per heavy atom. The van der Waals surface area contributed by atoms with E-state index in [1.165, 1.54) is 0 Å². The number of pyridine rings is 1. The highest BCUT2D eigenvalue weighted by molar-refractivity contribution is 5.92. The van der Waals surface area contributed by atoms with Gasteiger partial charge in [-0.25, -0.2) is 4.98 Å². The maximum atomic E-state index is 12.5. The number of hydrogen-bond acceptors (Lipinski definition) is 5. The Morgan fingerprint density at radius 3 is 2.77 bits per heavy atom. The number of hydrogen-bond donors (Lipinski definition) is 2. The molecule has 2 heterocycles. The minimum absolute atomic E-state index is 0.0931. The fourth-order valence-corrected chi connectivity index (χ4v) is 3.69. The van der Waals surface area contributed by atoms with Gasteiger partial charge < -0.3 is 19.8 Å². The van der Waals surface area contributed by atoms with Crippen LogP contribution in [-0.4, -0.2) is 58.4 Å². The van der Waals surface area contributed by atoms with Crippen LogP contribution in [0, 0.1) is 5.41 Å². The first-order chi connectivity index (χ1) is 10.6. The Hall–Kier alpha value is -1.50. The summed E-state index contributed by atoms with van der Waals surface area (Å²) in [5, 5.41) is 19.2. The van der Waals surface area contributed by atoms with Crippen LogP contribution in [0.4, 0.5) is 0 Å². The Kier molecular flexibility index (Phi) is 4.16. The summed E-state index contributed by atoms with van der Waals surface area (Å²) in [7, 11) is 1.68. The molecule has 2 aliphatic rings. The number of aliphatic hydroxyl groups excluding tert-OH is 2. The molecule has 3 rings (SSSR count). The van der Waals surface area contributed by atoms with E-state index in [0.29, 0.717) is 30.9 Å². The van der Waals surface area contributed by atoms with Crippen LogP contribution in [0.5, 0.6) is 0 Å². The quantitative estimate of drug-likeness (QED) is 0.853. The van der Waals surface area contributed by atoms with E-state index in [4.69, 9.17) is 9.84 Å². The van der Waals surface area contributed by atoms with Crippen LogP contribution in [0.25, 0.3) is 0 Å². The molecule has 1 aromatic heterocycles. The van der Waals surface area contributed by atoms with Gasteiger partial charge in [0.1, 0.15) is 5.69 Å². The van der Waals surface area contributed by atoms with Crippen molar-refractivity contribution in [2.45, 2.75) is 38.1 Å². The van der Waals surface area contributed by atoms with Crippen molar-refractivity contribution in [3.8, 4) is 0 Å². The van der Waals surface area contributed by atoms with Crippen molar-refractivity contribution in [3.05, 3.63) is 29.6 Å². The summed E-state index contributed by atoms with van der Waals surface area (Å²) in [5.74, 6) is -0.118. The van der Waals surface area contributed by atoms with Crippen LogP contribution in [0.2, 0.25) is 0 Å². The van der Waals surface area contributed by atoms with Crippen molar-refractivity contribution in [3.63, 3.8) is 0 Å². The first kappa shape index (κ1) is 15.4. The van der Waals surface area contributed by atoms with Gasteiger partial charge in [0.25, 0.3) is 5.91 Å². The summed E-state index contributed by atoms with van der Waals surface area (Å²) in [6.07, 6.45) is 1.95. The molecule has 2 N–H and O–H groups in total. The average Bonchev–Trinajstić information content (AvgIpc) is 2.59. The first-order valence-corrected chi connectivity index (χ1v) is 7.67. The molecule has 1 saturated carbocycles. The highest BCUT2D eigenvalue weighted by Crippen LogP contribution is 2.50. The number of carbonyl (C=O) groups excluding carboxylic acids is 1. The summed E-state index contributed by atoms with van der Waals surface area (Å²) in [4.78, 5) is 18.4. The monoisotopic (exact) mass is 306 g/mol. The second-order valence-corrected chi connectivity index (χ2v) is 6.17. The molecule has 1 amide bonds. The third-order valence-corrected chi connectivity index (χ3v) is 5.20. The molecular weight excluding hydrogens is 284 g/mol. The highest BCUT2D eigenvalue weighted by Gasteiger charge is 2.56.